The molecule has 0 aromatic rings. The molecule has 0 aromatic carbocycles. The average Bonchev–Trinajstić information content (AvgIpc) is 2.61. The molecule has 0 aliphatic carbocycles. The molecule has 0 rings (SSSR count). The summed E-state index contributed by atoms with van der Waals surface area (Å²) in [5.74, 6) is 0. The normalized spacial score (nSPS) is 13.8. The zero-order valence-corrected chi connectivity index (χ0v) is 20.5. The summed E-state index contributed by atoms with van der Waals surface area (Å²) in [6.45, 7) is 14.9. The van der Waals surface area contributed by atoms with Crippen LogP contribution in [0.25, 0.3) is 0 Å². The summed E-state index contributed by atoms with van der Waals surface area (Å²) in [5, 5.41) is 18.7. The van der Waals surface area contributed by atoms with Gasteiger partial charge in [-0.2, -0.15) is 0 Å². The Kier molecular flexibility index (Phi) is 12.9. The second kappa shape index (κ2) is 14.2. The highest BCUT2D eigenvalue weighted by molar-refractivity contribution is 5.76. The van der Waals surface area contributed by atoms with E-state index in [1.165, 1.54) is 0 Å². The molecule has 0 aromatic heterocycles. The van der Waals surface area contributed by atoms with E-state index in [1.54, 1.807) is 41.5 Å². The quantitative estimate of drug-likeness (QED) is 0.259. The summed E-state index contributed by atoms with van der Waals surface area (Å²) in [6.07, 6.45) is -0.555. The Labute approximate surface area is 190 Å². The number of nitrogens with one attached hydrogen (secondary N) is 7. The van der Waals surface area contributed by atoms with Crippen LogP contribution >= 0.6 is 0 Å². The van der Waals surface area contributed by atoms with Crippen LogP contribution in [0.3, 0.4) is 0 Å². The molecular formula is C20H41N7O5. The first-order chi connectivity index (χ1) is 14.7. The molecule has 32 heavy (non-hydrogen) atoms. The molecule has 0 bridgehead atoms. The van der Waals surface area contributed by atoms with Crippen molar-refractivity contribution in [2.45, 2.75) is 85.2 Å². The van der Waals surface area contributed by atoms with Crippen molar-refractivity contribution >= 4 is 24.2 Å². The first-order valence-corrected chi connectivity index (χ1v) is 10.8. The van der Waals surface area contributed by atoms with Crippen LogP contribution in [-0.4, -0.2) is 73.6 Å². The van der Waals surface area contributed by atoms with Gasteiger partial charge in [-0.15, -0.1) is 0 Å². The molecule has 0 aliphatic rings. The van der Waals surface area contributed by atoms with E-state index in [4.69, 9.17) is 4.74 Å². The molecule has 0 saturated carbocycles. The van der Waals surface area contributed by atoms with Crippen LogP contribution in [0, 0.1) is 0 Å². The maximum absolute atomic E-state index is 12.0. The number of carbonyl (C=O) groups is 4. The third-order valence-corrected chi connectivity index (χ3v) is 3.64. The Hall–Kier alpha value is -2.92. The van der Waals surface area contributed by atoms with Gasteiger partial charge in [-0.1, -0.05) is 0 Å². The Morgan fingerprint density at radius 1 is 0.625 bits per heavy atom. The highest BCUT2D eigenvalue weighted by Gasteiger charge is 2.18. The van der Waals surface area contributed by atoms with Crippen molar-refractivity contribution in [1.29, 1.82) is 0 Å². The van der Waals surface area contributed by atoms with Crippen molar-refractivity contribution in [3.63, 3.8) is 0 Å². The molecular weight excluding hydrogens is 418 g/mol. The minimum absolute atomic E-state index is 0.0252. The fraction of sp³-hybridized carbons (Fsp3) is 0.800. The lowest BCUT2D eigenvalue weighted by molar-refractivity contribution is 0.0508. The van der Waals surface area contributed by atoms with Gasteiger partial charge in [0, 0.05) is 43.8 Å². The van der Waals surface area contributed by atoms with Crippen molar-refractivity contribution in [3.8, 4) is 0 Å². The number of urea groups is 3. The number of hydrogen-bond donors (Lipinski definition) is 7. The molecule has 0 saturated heterocycles. The van der Waals surface area contributed by atoms with E-state index in [0.717, 1.165) is 0 Å². The molecule has 0 spiro atoms. The molecule has 0 radical (unpaired) electrons. The van der Waals surface area contributed by atoms with Crippen LogP contribution in [0.2, 0.25) is 0 Å². The molecule has 12 nitrogen and oxygen atoms in total. The summed E-state index contributed by atoms with van der Waals surface area (Å²) in [4.78, 5) is 47.2. The van der Waals surface area contributed by atoms with Crippen molar-refractivity contribution in [1.82, 2.24) is 37.2 Å². The van der Waals surface area contributed by atoms with Crippen molar-refractivity contribution in [2.75, 3.05) is 19.6 Å². The van der Waals surface area contributed by atoms with E-state index < -0.39 is 23.8 Å². The van der Waals surface area contributed by atoms with Crippen LogP contribution in [0.5, 0.6) is 0 Å². The smallest absolute Gasteiger partial charge is 0.407 e. The molecule has 0 aliphatic heterocycles. The minimum Gasteiger partial charge on any atom is -0.444 e. The molecule has 3 atom stereocenters. The first-order valence-electron chi connectivity index (χ1n) is 10.8. The number of hydrogen-bond acceptors (Lipinski definition) is 5. The topological polar surface area (TPSA) is 162 Å². The van der Waals surface area contributed by atoms with E-state index in [9.17, 15) is 19.2 Å². The third-order valence-electron chi connectivity index (χ3n) is 3.64. The number of ether oxygens (including phenoxy) is 1. The fourth-order valence-electron chi connectivity index (χ4n) is 2.26. The Balaban J connectivity index is 4.05. The summed E-state index contributed by atoms with van der Waals surface area (Å²) in [7, 11) is 0. The lowest BCUT2D eigenvalue weighted by Gasteiger charge is -2.22. The Morgan fingerprint density at radius 2 is 0.969 bits per heavy atom. The predicted molar refractivity (Wildman–Crippen MR) is 122 cm³/mol. The van der Waals surface area contributed by atoms with Gasteiger partial charge in [-0.05, 0) is 55.4 Å². The molecule has 12 heteroatoms. The Bertz CT molecular complexity index is 622. The largest absolute Gasteiger partial charge is 0.444 e. The van der Waals surface area contributed by atoms with Crippen LogP contribution in [0.4, 0.5) is 19.2 Å². The van der Waals surface area contributed by atoms with Gasteiger partial charge >= 0.3 is 24.2 Å². The van der Waals surface area contributed by atoms with E-state index in [0.29, 0.717) is 0 Å². The van der Waals surface area contributed by atoms with Gasteiger partial charge in [0.25, 0.3) is 0 Å². The fourth-order valence-corrected chi connectivity index (χ4v) is 2.26. The van der Waals surface area contributed by atoms with Gasteiger partial charge in [-0.25, -0.2) is 19.2 Å². The van der Waals surface area contributed by atoms with Gasteiger partial charge in [-0.3, -0.25) is 0 Å². The van der Waals surface area contributed by atoms with Gasteiger partial charge in [0.1, 0.15) is 5.60 Å². The second-order valence-electron chi connectivity index (χ2n) is 9.07. The van der Waals surface area contributed by atoms with Gasteiger partial charge in [0.15, 0.2) is 0 Å². The van der Waals surface area contributed by atoms with E-state index in [2.05, 4.69) is 37.2 Å². The Morgan fingerprint density at radius 3 is 1.31 bits per heavy atom. The minimum atomic E-state index is -0.597. The SMILES string of the molecule is CC(C)NC(=O)NCC(C)NC(=O)NC[C@H](C)NC(=O)NCC(C)NC(=O)OC(C)(C)C. The second-order valence-corrected chi connectivity index (χ2v) is 9.07. The number of carbonyl (C=O) groups excluding carboxylic acids is 4. The van der Waals surface area contributed by atoms with Crippen LogP contribution in [0.1, 0.15) is 55.4 Å². The maximum atomic E-state index is 12.0. The van der Waals surface area contributed by atoms with Crippen LogP contribution in [0.15, 0.2) is 0 Å². The van der Waals surface area contributed by atoms with Gasteiger partial charge in [0.2, 0.25) is 0 Å². The van der Waals surface area contributed by atoms with Crippen LogP contribution < -0.4 is 37.2 Å². The third kappa shape index (κ3) is 16.8. The highest BCUT2D eigenvalue weighted by Crippen LogP contribution is 2.06. The standard InChI is InChI=1S/C20H41N7O5/c1-12(2)24-16(28)21-9-13(3)25-17(29)22-10-14(4)26-18(30)23-11-15(5)27-19(31)32-20(6,7)8/h12-15H,9-11H2,1-8H3,(H,27,31)(H2,21,24,28)(H2,22,25,29)(H2,23,26,30)/t13?,14-,15?/m0/s1. The molecule has 2 unspecified atom stereocenters. The lowest BCUT2D eigenvalue weighted by Crippen LogP contribution is -2.52. The lowest BCUT2D eigenvalue weighted by atomic mass is 10.2. The van der Waals surface area contributed by atoms with Gasteiger partial charge in [0.05, 0.1) is 0 Å². The molecule has 0 fully saturated rings. The molecule has 7 amide bonds. The van der Waals surface area contributed by atoms with Crippen molar-refractivity contribution in [3.05, 3.63) is 0 Å². The zero-order chi connectivity index (χ0) is 24.9. The zero-order valence-electron chi connectivity index (χ0n) is 20.5. The number of alkyl carbamates (subject to hydrolysis) is 1. The monoisotopic (exact) mass is 459 g/mol. The van der Waals surface area contributed by atoms with Crippen molar-refractivity contribution in [2.24, 2.45) is 0 Å². The van der Waals surface area contributed by atoms with Gasteiger partial charge < -0.3 is 42.0 Å². The molecule has 0 heterocycles. The summed E-state index contributed by atoms with van der Waals surface area (Å²) in [6, 6.07) is -2.05. The van der Waals surface area contributed by atoms with E-state index >= 15 is 0 Å². The summed E-state index contributed by atoms with van der Waals surface area (Å²) >= 11 is 0. The highest BCUT2D eigenvalue weighted by atomic mass is 16.6. The average molecular weight is 460 g/mol. The predicted octanol–water partition coefficient (Wildman–Crippen LogP) is 0.983. The van der Waals surface area contributed by atoms with E-state index in [1.807, 2.05) is 13.8 Å². The van der Waals surface area contributed by atoms with Crippen LogP contribution in [-0.2, 0) is 4.74 Å². The molecule has 7 N–H and O–H groups in total. The van der Waals surface area contributed by atoms with Crippen molar-refractivity contribution < 1.29 is 23.9 Å². The molecule has 186 valence electrons. The van der Waals surface area contributed by atoms with E-state index in [-0.39, 0.29) is 49.8 Å². The summed E-state index contributed by atoms with van der Waals surface area (Å²) in [5.41, 5.74) is -0.597. The summed E-state index contributed by atoms with van der Waals surface area (Å²) < 4.78 is 5.16. The number of amides is 7. The maximum Gasteiger partial charge on any atom is 0.407 e. The first kappa shape index (κ1) is 29.1. The number of rotatable bonds is 10.